The van der Waals surface area contributed by atoms with Gasteiger partial charge in [-0.15, -0.1) is 0 Å². The minimum Gasteiger partial charge on any atom is -0.355 e. The molecule has 1 amide bonds. The zero-order valence-corrected chi connectivity index (χ0v) is 12.0. The maximum absolute atomic E-state index is 11.6. The van der Waals surface area contributed by atoms with Gasteiger partial charge >= 0.3 is 0 Å². The summed E-state index contributed by atoms with van der Waals surface area (Å²) >= 11 is 5.92. The number of halogens is 1. The van der Waals surface area contributed by atoms with Crippen LogP contribution in [0.4, 0.5) is 0 Å². The number of nitrogens with one attached hydrogen (secondary N) is 1. The molecule has 3 nitrogen and oxygen atoms in total. The van der Waals surface area contributed by atoms with Gasteiger partial charge in [0.2, 0.25) is 5.91 Å². The summed E-state index contributed by atoms with van der Waals surface area (Å²) in [7, 11) is 0. The standard InChI is InChI=1S/C17H13ClN2O/c18-14-3-1-2-12(10-14)4-5-13-6-7-16(20-11-13)15-8-9-19-17(15)21/h1-3,6-7,10-11,15H,8-9H2,(H,19,21). The van der Waals surface area contributed by atoms with Gasteiger partial charge in [0, 0.05) is 28.9 Å². The van der Waals surface area contributed by atoms with Crippen molar-refractivity contribution in [3.8, 4) is 11.8 Å². The molecule has 0 bridgehead atoms. The Morgan fingerprint density at radius 1 is 1.19 bits per heavy atom. The number of amides is 1. The quantitative estimate of drug-likeness (QED) is 0.822. The average Bonchev–Trinajstić information content (AvgIpc) is 2.92. The van der Waals surface area contributed by atoms with Crippen molar-refractivity contribution in [1.29, 1.82) is 0 Å². The molecule has 2 aromatic rings. The van der Waals surface area contributed by atoms with Gasteiger partial charge in [0.1, 0.15) is 0 Å². The smallest absolute Gasteiger partial charge is 0.229 e. The number of carbonyl (C=O) groups excluding carboxylic acids is 1. The summed E-state index contributed by atoms with van der Waals surface area (Å²) in [4.78, 5) is 16.0. The molecule has 3 rings (SSSR count). The number of rotatable bonds is 1. The van der Waals surface area contributed by atoms with E-state index < -0.39 is 0 Å². The largest absolute Gasteiger partial charge is 0.355 e. The molecular weight excluding hydrogens is 284 g/mol. The molecule has 21 heavy (non-hydrogen) atoms. The van der Waals surface area contributed by atoms with E-state index in [9.17, 15) is 4.79 Å². The van der Waals surface area contributed by atoms with Gasteiger partial charge in [0.05, 0.1) is 11.6 Å². The summed E-state index contributed by atoms with van der Waals surface area (Å²) in [6.45, 7) is 0.724. The van der Waals surface area contributed by atoms with Crippen LogP contribution in [0.1, 0.15) is 29.2 Å². The molecule has 0 radical (unpaired) electrons. The molecule has 1 N–H and O–H groups in total. The van der Waals surface area contributed by atoms with Crippen LogP contribution in [0.5, 0.6) is 0 Å². The van der Waals surface area contributed by atoms with E-state index in [1.54, 1.807) is 6.20 Å². The first-order chi connectivity index (χ1) is 10.2. The molecule has 1 atom stereocenters. The number of benzene rings is 1. The molecule has 1 aliphatic rings. The predicted molar refractivity (Wildman–Crippen MR) is 82.0 cm³/mol. The van der Waals surface area contributed by atoms with Crippen molar-refractivity contribution in [3.63, 3.8) is 0 Å². The Bertz CT molecular complexity index is 728. The van der Waals surface area contributed by atoms with Crippen molar-refractivity contribution in [1.82, 2.24) is 10.3 Å². The molecule has 1 unspecified atom stereocenters. The highest BCUT2D eigenvalue weighted by Gasteiger charge is 2.26. The number of hydrogen-bond acceptors (Lipinski definition) is 2. The number of carbonyl (C=O) groups is 1. The third-order valence-electron chi connectivity index (χ3n) is 3.37. The molecule has 1 aromatic carbocycles. The second-order valence-corrected chi connectivity index (χ2v) is 5.30. The predicted octanol–water partition coefficient (Wildman–Crippen LogP) is 2.74. The summed E-state index contributed by atoms with van der Waals surface area (Å²) in [5.74, 6) is 6.02. The summed E-state index contributed by atoms with van der Waals surface area (Å²) in [6.07, 6.45) is 2.51. The number of aromatic nitrogens is 1. The van der Waals surface area contributed by atoms with Crippen LogP contribution >= 0.6 is 11.6 Å². The highest BCUT2D eigenvalue weighted by Crippen LogP contribution is 2.21. The fraction of sp³-hybridized carbons (Fsp3) is 0.176. The van der Waals surface area contributed by atoms with Crippen LogP contribution in [0.2, 0.25) is 5.02 Å². The van der Waals surface area contributed by atoms with E-state index in [0.717, 1.165) is 29.8 Å². The molecule has 0 spiro atoms. The third-order valence-corrected chi connectivity index (χ3v) is 3.60. The van der Waals surface area contributed by atoms with Gasteiger partial charge in [0.25, 0.3) is 0 Å². The molecule has 2 heterocycles. The first kappa shape index (κ1) is 13.7. The van der Waals surface area contributed by atoms with Crippen LogP contribution in [-0.2, 0) is 4.79 Å². The van der Waals surface area contributed by atoms with Crippen LogP contribution in [-0.4, -0.2) is 17.4 Å². The second-order valence-electron chi connectivity index (χ2n) is 4.86. The minimum atomic E-state index is -0.125. The Hall–Kier alpha value is -2.31. The van der Waals surface area contributed by atoms with E-state index in [-0.39, 0.29) is 11.8 Å². The van der Waals surface area contributed by atoms with Crippen molar-refractivity contribution in [2.75, 3.05) is 6.54 Å². The fourth-order valence-corrected chi connectivity index (χ4v) is 2.46. The topological polar surface area (TPSA) is 42.0 Å². The molecule has 4 heteroatoms. The molecule has 1 fully saturated rings. The van der Waals surface area contributed by atoms with E-state index >= 15 is 0 Å². The molecule has 1 saturated heterocycles. The average molecular weight is 297 g/mol. The monoisotopic (exact) mass is 296 g/mol. The molecule has 0 saturated carbocycles. The molecule has 1 aliphatic heterocycles. The maximum Gasteiger partial charge on any atom is 0.229 e. The lowest BCUT2D eigenvalue weighted by molar-refractivity contribution is -0.120. The van der Waals surface area contributed by atoms with E-state index in [0.29, 0.717) is 5.02 Å². The SMILES string of the molecule is O=C1NCCC1c1ccc(C#Cc2cccc(Cl)c2)cn1. The van der Waals surface area contributed by atoms with Gasteiger partial charge in [-0.3, -0.25) is 9.78 Å². The second kappa shape index (κ2) is 5.99. The van der Waals surface area contributed by atoms with E-state index in [1.807, 2.05) is 36.4 Å². The van der Waals surface area contributed by atoms with Gasteiger partial charge in [-0.05, 0) is 36.8 Å². The maximum atomic E-state index is 11.6. The van der Waals surface area contributed by atoms with Crippen LogP contribution < -0.4 is 5.32 Å². The van der Waals surface area contributed by atoms with Gasteiger partial charge < -0.3 is 5.32 Å². The summed E-state index contributed by atoms with van der Waals surface area (Å²) in [6, 6.07) is 11.2. The lowest BCUT2D eigenvalue weighted by Gasteiger charge is -2.05. The summed E-state index contributed by atoms with van der Waals surface area (Å²) in [5, 5.41) is 3.48. The van der Waals surface area contributed by atoms with Crippen LogP contribution in [0.25, 0.3) is 0 Å². The molecule has 1 aromatic heterocycles. The Morgan fingerprint density at radius 3 is 2.71 bits per heavy atom. The molecule has 104 valence electrons. The fourth-order valence-electron chi connectivity index (χ4n) is 2.27. The van der Waals surface area contributed by atoms with Crippen molar-refractivity contribution in [2.45, 2.75) is 12.3 Å². The minimum absolute atomic E-state index is 0.0558. The normalized spacial score (nSPS) is 17.0. The lowest BCUT2D eigenvalue weighted by atomic mass is 10.0. The Morgan fingerprint density at radius 2 is 2.05 bits per heavy atom. The van der Waals surface area contributed by atoms with Crippen molar-refractivity contribution in [2.24, 2.45) is 0 Å². The lowest BCUT2D eigenvalue weighted by Crippen LogP contribution is -2.18. The van der Waals surface area contributed by atoms with Crippen molar-refractivity contribution >= 4 is 17.5 Å². The molecule has 0 aliphatic carbocycles. The summed E-state index contributed by atoms with van der Waals surface area (Å²) in [5.41, 5.74) is 2.48. The Labute approximate surface area is 128 Å². The van der Waals surface area contributed by atoms with E-state index in [4.69, 9.17) is 11.6 Å². The number of nitrogens with zero attached hydrogens (tertiary/aromatic N) is 1. The highest BCUT2D eigenvalue weighted by molar-refractivity contribution is 6.30. The first-order valence-corrected chi connectivity index (χ1v) is 7.11. The zero-order valence-electron chi connectivity index (χ0n) is 11.3. The van der Waals surface area contributed by atoms with Gasteiger partial charge in [-0.25, -0.2) is 0 Å². The number of hydrogen-bond donors (Lipinski definition) is 1. The highest BCUT2D eigenvalue weighted by atomic mass is 35.5. The molecular formula is C17H13ClN2O. The third kappa shape index (κ3) is 3.24. The first-order valence-electron chi connectivity index (χ1n) is 6.73. The number of pyridine rings is 1. The zero-order chi connectivity index (χ0) is 14.7. The Balaban J connectivity index is 1.77. The van der Waals surface area contributed by atoms with E-state index in [1.165, 1.54) is 0 Å². The summed E-state index contributed by atoms with van der Waals surface area (Å²) < 4.78 is 0. The van der Waals surface area contributed by atoms with Crippen LogP contribution in [0.3, 0.4) is 0 Å². The van der Waals surface area contributed by atoms with Crippen LogP contribution in [0, 0.1) is 11.8 Å². The van der Waals surface area contributed by atoms with Gasteiger partial charge in [-0.1, -0.05) is 29.5 Å². The van der Waals surface area contributed by atoms with Crippen LogP contribution in [0.15, 0.2) is 42.6 Å². The van der Waals surface area contributed by atoms with Crippen molar-refractivity contribution in [3.05, 3.63) is 64.4 Å². The van der Waals surface area contributed by atoms with Gasteiger partial charge in [-0.2, -0.15) is 0 Å². The van der Waals surface area contributed by atoms with E-state index in [2.05, 4.69) is 22.1 Å². The Kier molecular flexibility index (Phi) is 3.89. The van der Waals surface area contributed by atoms with Gasteiger partial charge in [0.15, 0.2) is 0 Å². The van der Waals surface area contributed by atoms with Crippen molar-refractivity contribution < 1.29 is 4.79 Å².